The zero-order valence-electron chi connectivity index (χ0n) is 12.7. The Hall–Kier alpha value is -0.380. The van der Waals surface area contributed by atoms with Gasteiger partial charge in [0.1, 0.15) is 0 Å². The highest BCUT2D eigenvalue weighted by Crippen LogP contribution is 2.46. The van der Waals surface area contributed by atoms with E-state index in [9.17, 15) is 0 Å². The average Bonchev–Trinajstić information content (AvgIpc) is 3.13. The highest BCUT2D eigenvalue weighted by Gasteiger charge is 2.42. The topological polar surface area (TPSA) is 6.48 Å². The van der Waals surface area contributed by atoms with Gasteiger partial charge in [0.05, 0.1) is 0 Å². The van der Waals surface area contributed by atoms with Gasteiger partial charge in [-0.1, -0.05) is 40.5 Å². The van der Waals surface area contributed by atoms with Crippen molar-refractivity contribution in [2.24, 2.45) is 11.8 Å². The molecule has 2 nitrogen and oxygen atoms in total. The molecule has 0 radical (unpaired) electrons. The van der Waals surface area contributed by atoms with Crippen LogP contribution in [0.3, 0.4) is 0 Å². The fourth-order valence-corrected chi connectivity index (χ4v) is 5.19. The molecule has 0 N–H and O–H groups in total. The second kappa shape index (κ2) is 6.02. The number of nitrogens with zero attached hydrogens (tertiary/aromatic N) is 2. The summed E-state index contributed by atoms with van der Waals surface area (Å²) < 4.78 is 1.25. The smallest absolute Gasteiger partial charge is 0.0246 e. The van der Waals surface area contributed by atoms with Crippen LogP contribution in [0.15, 0.2) is 28.7 Å². The molecule has 2 aliphatic carbocycles. The molecule has 114 valence electrons. The average molecular weight is 349 g/mol. The zero-order chi connectivity index (χ0) is 14.2. The minimum absolute atomic E-state index is 0.925. The summed E-state index contributed by atoms with van der Waals surface area (Å²) >= 11 is 3.67. The largest absolute Gasteiger partial charge is 0.298 e. The molecule has 2 bridgehead atoms. The third-order valence-corrected chi connectivity index (χ3v) is 6.70. The molecule has 1 aromatic rings. The van der Waals surface area contributed by atoms with Crippen molar-refractivity contribution in [2.45, 2.75) is 38.3 Å². The molecule has 3 fully saturated rings. The summed E-state index contributed by atoms with van der Waals surface area (Å²) in [7, 11) is 0. The number of fused-ring (bicyclic) bond motifs is 2. The number of halogens is 1. The van der Waals surface area contributed by atoms with Crippen molar-refractivity contribution < 1.29 is 0 Å². The van der Waals surface area contributed by atoms with Gasteiger partial charge in [0.15, 0.2) is 0 Å². The van der Waals surface area contributed by atoms with Crippen LogP contribution in [0.4, 0.5) is 0 Å². The maximum atomic E-state index is 3.67. The van der Waals surface area contributed by atoms with Crippen molar-refractivity contribution in [3.05, 3.63) is 34.3 Å². The Labute approximate surface area is 136 Å². The Balaban J connectivity index is 1.32. The van der Waals surface area contributed by atoms with Crippen LogP contribution in [0.25, 0.3) is 0 Å². The van der Waals surface area contributed by atoms with Crippen LogP contribution < -0.4 is 0 Å². The Morgan fingerprint density at radius 3 is 2.48 bits per heavy atom. The summed E-state index contributed by atoms with van der Waals surface area (Å²) in [6.45, 7) is 6.10. The molecule has 3 heteroatoms. The summed E-state index contributed by atoms with van der Waals surface area (Å²) in [5.74, 6) is 2.10. The monoisotopic (exact) mass is 348 g/mol. The van der Waals surface area contributed by atoms with Crippen molar-refractivity contribution in [3.63, 3.8) is 0 Å². The molecule has 0 amide bonds. The van der Waals surface area contributed by atoms with Crippen LogP contribution >= 0.6 is 15.9 Å². The lowest BCUT2D eigenvalue weighted by atomic mass is 9.93. The van der Waals surface area contributed by atoms with Gasteiger partial charge < -0.3 is 0 Å². The van der Waals surface area contributed by atoms with E-state index in [-0.39, 0.29) is 0 Å². The van der Waals surface area contributed by atoms with Crippen molar-refractivity contribution >= 4 is 15.9 Å². The van der Waals surface area contributed by atoms with E-state index in [1.54, 1.807) is 0 Å². The van der Waals surface area contributed by atoms with Crippen LogP contribution in [0.2, 0.25) is 0 Å². The number of benzene rings is 1. The fourth-order valence-electron chi connectivity index (χ4n) is 4.78. The van der Waals surface area contributed by atoms with E-state index in [1.165, 1.54) is 61.9 Å². The molecule has 1 heterocycles. The van der Waals surface area contributed by atoms with Gasteiger partial charge in [0, 0.05) is 43.2 Å². The number of hydrogen-bond acceptors (Lipinski definition) is 2. The Kier molecular flexibility index (Phi) is 4.08. The molecule has 3 atom stereocenters. The summed E-state index contributed by atoms with van der Waals surface area (Å²) in [6, 6.07) is 9.56. The van der Waals surface area contributed by atoms with E-state index in [2.05, 4.69) is 50.0 Å². The van der Waals surface area contributed by atoms with Crippen molar-refractivity contribution in [3.8, 4) is 0 Å². The molecule has 21 heavy (non-hydrogen) atoms. The molecule has 1 aliphatic heterocycles. The standard InChI is InChI=1S/C18H25BrN2/c19-17-4-2-1-3-16(17)13-20-7-9-21(10-8-20)18-12-14-5-6-15(18)11-14/h1-4,14-15,18H,5-13H2/t14-,15+,18+/m0/s1. The number of rotatable bonds is 3. The number of hydrogen-bond donors (Lipinski definition) is 0. The van der Waals surface area contributed by atoms with Gasteiger partial charge in [-0.25, -0.2) is 0 Å². The van der Waals surface area contributed by atoms with Gasteiger partial charge in [0.2, 0.25) is 0 Å². The lowest BCUT2D eigenvalue weighted by molar-refractivity contribution is 0.0679. The van der Waals surface area contributed by atoms with E-state index in [0.717, 1.165) is 24.4 Å². The van der Waals surface area contributed by atoms with Crippen molar-refractivity contribution in [2.75, 3.05) is 26.2 Å². The van der Waals surface area contributed by atoms with Gasteiger partial charge >= 0.3 is 0 Å². The Morgan fingerprint density at radius 1 is 1.00 bits per heavy atom. The molecule has 1 saturated heterocycles. The molecule has 3 aliphatic rings. The molecule has 2 saturated carbocycles. The second-order valence-corrected chi connectivity index (χ2v) is 8.00. The lowest BCUT2D eigenvalue weighted by Crippen LogP contribution is -2.51. The molecule has 4 rings (SSSR count). The van der Waals surface area contributed by atoms with E-state index in [1.807, 2.05) is 0 Å². The first-order chi connectivity index (χ1) is 10.3. The van der Waals surface area contributed by atoms with Gasteiger partial charge in [-0.3, -0.25) is 9.80 Å². The van der Waals surface area contributed by atoms with Gasteiger partial charge in [-0.05, 0) is 42.7 Å². The Bertz CT molecular complexity index is 496. The zero-order valence-corrected chi connectivity index (χ0v) is 14.3. The van der Waals surface area contributed by atoms with Crippen LogP contribution in [0, 0.1) is 11.8 Å². The summed E-state index contributed by atoms with van der Waals surface area (Å²) in [5, 5.41) is 0. The highest BCUT2D eigenvalue weighted by atomic mass is 79.9. The lowest BCUT2D eigenvalue weighted by Gasteiger charge is -2.41. The molecule has 0 spiro atoms. The van der Waals surface area contributed by atoms with E-state index in [0.29, 0.717) is 0 Å². The van der Waals surface area contributed by atoms with Gasteiger partial charge in [-0.2, -0.15) is 0 Å². The first kappa shape index (κ1) is 14.2. The van der Waals surface area contributed by atoms with Crippen LogP contribution in [0.5, 0.6) is 0 Å². The third-order valence-electron chi connectivity index (χ3n) is 5.93. The van der Waals surface area contributed by atoms with E-state index < -0.39 is 0 Å². The highest BCUT2D eigenvalue weighted by molar-refractivity contribution is 9.10. The molecular formula is C18H25BrN2. The third kappa shape index (κ3) is 2.93. The van der Waals surface area contributed by atoms with E-state index in [4.69, 9.17) is 0 Å². The van der Waals surface area contributed by atoms with Crippen molar-refractivity contribution in [1.82, 2.24) is 9.80 Å². The predicted octanol–water partition coefficient (Wildman–Crippen LogP) is 3.76. The van der Waals surface area contributed by atoms with Crippen LogP contribution in [-0.2, 0) is 6.54 Å². The fraction of sp³-hybridized carbons (Fsp3) is 0.667. The normalized spacial score (nSPS) is 33.7. The van der Waals surface area contributed by atoms with Gasteiger partial charge in [0.25, 0.3) is 0 Å². The van der Waals surface area contributed by atoms with Crippen LogP contribution in [0.1, 0.15) is 31.2 Å². The Morgan fingerprint density at radius 2 is 1.81 bits per heavy atom. The number of piperazine rings is 1. The molecule has 0 unspecified atom stereocenters. The maximum absolute atomic E-state index is 3.67. The summed E-state index contributed by atoms with van der Waals surface area (Å²) in [4.78, 5) is 5.42. The van der Waals surface area contributed by atoms with Crippen LogP contribution in [-0.4, -0.2) is 42.0 Å². The molecule has 1 aromatic carbocycles. The first-order valence-corrected chi connectivity index (χ1v) is 9.29. The minimum atomic E-state index is 0.925. The minimum Gasteiger partial charge on any atom is -0.298 e. The summed E-state index contributed by atoms with van der Waals surface area (Å²) in [6.07, 6.45) is 6.05. The maximum Gasteiger partial charge on any atom is 0.0246 e. The SMILES string of the molecule is Brc1ccccc1CN1CCN([C@@H]2C[C@H]3CC[C@@H]2C3)CC1. The van der Waals surface area contributed by atoms with Gasteiger partial charge in [-0.15, -0.1) is 0 Å². The first-order valence-electron chi connectivity index (χ1n) is 8.49. The summed E-state index contributed by atoms with van der Waals surface area (Å²) in [5.41, 5.74) is 1.42. The second-order valence-electron chi connectivity index (χ2n) is 7.15. The van der Waals surface area contributed by atoms with E-state index >= 15 is 0 Å². The molecule has 0 aromatic heterocycles. The quantitative estimate of drug-likeness (QED) is 0.820. The van der Waals surface area contributed by atoms with Crippen molar-refractivity contribution in [1.29, 1.82) is 0 Å². The molecular weight excluding hydrogens is 324 g/mol. The predicted molar refractivity (Wildman–Crippen MR) is 90.2 cm³/mol.